The predicted molar refractivity (Wildman–Crippen MR) is 42.9 cm³/mol. The quantitative estimate of drug-likeness (QED) is 0.593. The normalized spacial score (nSPS) is 17.9. The summed E-state index contributed by atoms with van der Waals surface area (Å²) in [6.45, 7) is 2.81. The maximum Gasteiger partial charge on any atom is 0.321 e. The highest BCUT2D eigenvalue weighted by molar-refractivity contribution is 8.01. The number of aliphatic carboxylic acids is 1. The SMILES string of the molecule is C=S(C)(=O)C(C)(C)C(=O)O. The Hall–Kier alpha value is -0.510. The van der Waals surface area contributed by atoms with Crippen LogP contribution in [-0.2, 0) is 14.3 Å². The minimum atomic E-state index is -2.50. The second-order valence-corrected chi connectivity index (χ2v) is 5.85. The summed E-state index contributed by atoms with van der Waals surface area (Å²) in [5, 5.41) is 8.56. The van der Waals surface area contributed by atoms with Gasteiger partial charge in [-0.3, -0.25) is 9.00 Å². The third-order valence-corrected chi connectivity index (χ3v) is 3.93. The van der Waals surface area contributed by atoms with Crippen LogP contribution < -0.4 is 0 Å². The molecule has 1 atom stereocenters. The zero-order valence-corrected chi connectivity index (χ0v) is 7.20. The number of carboxylic acid groups (broad SMARTS) is 1. The van der Waals surface area contributed by atoms with Crippen LogP contribution >= 0.6 is 0 Å². The maximum atomic E-state index is 11.2. The van der Waals surface area contributed by atoms with Crippen molar-refractivity contribution in [2.75, 3.05) is 6.26 Å². The van der Waals surface area contributed by atoms with Gasteiger partial charge in [0.15, 0.2) is 0 Å². The van der Waals surface area contributed by atoms with Crippen molar-refractivity contribution in [3.63, 3.8) is 0 Å². The van der Waals surface area contributed by atoms with Crippen LogP contribution in [0.3, 0.4) is 0 Å². The molecule has 0 aliphatic rings. The van der Waals surface area contributed by atoms with Crippen LogP contribution in [0.15, 0.2) is 0 Å². The van der Waals surface area contributed by atoms with E-state index in [9.17, 15) is 9.00 Å². The monoisotopic (exact) mass is 164 g/mol. The third kappa shape index (κ3) is 1.50. The topological polar surface area (TPSA) is 54.4 Å². The summed E-state index contributed by atoms with van der Waals surface area (Å²) >= 11 is 0. The van der Waals surface area contributed by atoms with Crippen LogP contribution in [0.5, 0.6) is 0 Å². The van der Waals surface area contributed by atoms with Gasteiger partial charge >= 0.3 is 5.97 Å². The largest absolute Gasteiger partial charge is 0.480 e. The van der Waals surface area contributed by atoms with E-state index in [1.54, 1.807) is 0 Å². The molecule has 0 aliphatic heterocycles. The Morgan fingerprint density at radius 3 is 1.90 bits per heavy atom. The molecule has 0 spiro atoms. The average Bonchev–Trinajstić information content (AvgIpc) is 1.62. The summed E-state index contributed by atoms with van der Waals surface area (Å²) in [6.07, 6.45) is 1.35. The van der Waals surface area contributed by atoms with Gasteiger partial charge in [0.2, 0.25) is 0 Å². The second kappa shape index (κ2) is 2.27. The molecule has 0 rings (SSSR count). The predicted octanol–water partition coefficient (Wildman–Crippen LogP) is 0.196. The lowest BCUT2D eigenvalue weighted by atomic mass is 10.2. The van der Waals surface area contributed by atoms with Gasteiger partial charge in [0.1, 0.15) is 4.75 Å². The molecule has 4 heteroatoms. The molecule has 60 valence electrons. The van der Waals surface area contributed by atoms with Gasteiger partial charge in [-0.1, -0.05) is 0 Å². The summed E-state index contributed by atoms with van der Waals surface area (Å²) < 4.78 is 9.93. The van der Waals surface area contributed by atoms with Gasteiger partial charge < -0.3 is 5.11 Å². The van der Waals surface area contributed by atoms with E-state index in [0.717, 1.165) is 0 Å². The molecule has 0 aromatic rings. The molecule has 0 radical (unpaired) electrons. The number of rotatable bonds is 2. The Labute approximate surface area is 61.1 Å². The lowest BCUT2D eigenvalue weighted by molar-refractivity contribution is -0.139. The molecule has 1 N–H and O–H groups in total. The first kappa shape index (κ1) is 9.49. The Bertz CT molecular complexity index is 236. The fourth-order valence-corrected chi connectivity index (χ4v) is 0.554. The lowest BCUT2D eigenvalue weighted by Gasteiger charge is -2.20. The van der Waals surface area contributed by atoms with Gasteiger partial charge in [0.25, 0.3) is 0 Å². The van der Waals surface area contributed by atoms with Gasteiger partial charge in [0, 0.05) is 6.26 Å². The van der Waals surface area contributed by atoms with Gasteiger partial charge in [-0.05, 0) is 29.2 Å². The van der Waals surface area contributed by atoms with E-state index in [-0.39, 0.29) is 0 Å². The molecule has 3 nitrogen and oxygen atoms in total. The van der Waals surface area contributed by atoms with Gasteiger partial charge in [0.05, 0.1) is 0 Å². The van der Waals surface area contributed by atoms with Crippen LogP contribution in [-0.4, -0.2) is 32.2 Å². The van der Waals surface area contributed by atoms with Crippen LogP contribution in [0.4, 0.5) is 0 Å². The molecule has 0 amide bonds. The molecule has 0 bridgehead atoms. The summed E-state index contributed by atoms with van der Waals surface area (Å²) in [7, 11) is -2.50. The molecule has 0 fully saturated rings. The average molecular weight is 164 g/mol. The van der Waals surface area contributed by atoms with Crippen molar-refractivity contribution in [3.05, 3.63) is 0 Å². The smallest absolute Gasteiger partial charge is 0.321 e. The Kier molecular flexibility index (Phi) is 2.15. The van der Waals surface area contributed by atoms with Crippen molar-refractivity contribution < 1.29 is 14.1 Å². The number of carbonyl (C=O) groups is 1. The molecule has 0 aliphatic carbocycles. The Morgan fingerprint density at radius 2 is 1.90 bits per heavy atom. The molecule has 0 saturated heterocycles. The summed E-state index contributed by atoms with van der Waals surface area (Å²) in [5.41, 5.74) is 0. The summed E-state index contributed by atoms with van der Waals surface area (Å²) in [4.78, 5) is 10.4. The highest BCUT2D eigenvalue weighted by atomic mass is 32.2. The van der Waals surface area contributed by atoms with Gasteiger partial charge in [-0.2, -0.15) is 0 Å². The van der Waals surface area contributed by atoms with Crippen molar-refractivity contribution in [1.29, 1.82) is 0 Å². The Balaban J connectivity index is 4.95. The molecular formula is C6H12O3S. The van der Waals surface area contributed by atoms with Crippen molar-refractivity contribution in [2.24, 2.45) is 0 Å². The lowest BCUT2D eigenvalue weighted by Crippen LogP contribution is -2.39. The van der Waals surface area contributed by atoms with E-state index in [1.807, 2.05) is 0 Å². The number of hydrogen-bond acceptors (Lipinski definition) is 2. The highest BCUT2D eigenvalue weighted by Crippen LogP contribution is 2.14. The van der Waals surface area contributed by atoms with Crippen LogP contribution in [0.25, 0.3) is 0 Å². The standard InChI is InChI=1S/C6H12O3S/c1-6(2,5(7)8)10(3,4)9/h3H2,1-2,4H3,(H,7,8). The molecule has 1 unspecified atom stereocenters. The van der Waals surface area contributed by atoms with Gasteiger partial charge in [-0.25, -0.2) is 0 Å². The molecule has 0 saturated carbocycles. The Morgan fingerprint density at radius 1 is 1.60 bits per heavy atom. The second-order valence-electron chi connectivity index (χ2n) is 2.82. The third-order valence-electron chi connectivity index (χ3n) is 1.59. The summed E-state index contributed by atoms with van der Waals surface area (Å²) in [6, 6.07) is 0. The minimum Gasteiger partial charge on any atom is -0.480 e. The van der Waals surface area contributed by atoms with E-state index >= 15 is 0 Å². The van der Waals surface area contributed by atoms with E-state index in [0.29, 0.717) is 0 Å². The van der Waals surface area contributed by atoms with E-state index in [2.05, 4.69) is 5.87 Å². The highest BCUT2D eigenvalue weighted by Gasteiger charge is 2.33. The van der Waals surface area contributed by atoms with Crippen molar-refractivity contribution in [1.82, 2.24) is 0 Å². The van der Waals surface area contributed by atoms with Crippen LogP contribution in [0.1, 0.15) is 13.8 Å². The van der Waals surface area contributed by atoms with Crippen molar-refractivity contribution >= 4 is 21.4 Å². The molecule has 10 heavy (non-hydrogen) atoms. The van der Waals surface area contributed by atoms with E-state index in [1.165, 1.54) is 20.1 Å². The van der Waals surface area contributed by atoms with Gasteiger partial charge in [-0.15, -0.1) is 0 Å². The molecule has 0 aromatic carbocycles. The fraction of sp³-hybridized carbons (Fsp3) is 0.667. The van der Waals surface area contributed by atoms with Crippen LogP contribution in [0.2, 0.25) is 0 Å². The van der Waals surface area contributed by atoms with Crippen LogP contribution in [0, 0.1) is 0 Å². The molecule has 0 aromatic heterocycles. The number of hydrogen-bond donors (Lipinski definition) is 1. The fourth-order valence-electron chi connectivity index (χ4n) is 0.185. The minimum absolute atomic E-state index is 1.07. The number of carboxylic acids is 1. The maximum absolute atomic E-state index is 11.2. The molecule has 0 heterocycles. The first-order valence-corrected chi connectivity index (χ1v) is 4.88. The zero-order valence-electron chi connectivity index (χ0n) is 6.38. The first-order chi connectivity index (χ1) is 4.19. The van der Waals surface area contributed by atoms with Crippen molar-refractivity contribution in [2.45, 2.75) is 18.6 Å². The van der Waals surface area contributed by atoms with E-state index in [4.69, 9.17) is 5.11 Å². The zero-order chi connectivity index (χ0) is 8.58. The summed E-state index contributed by atoms with van der Waals surface area (Å²) in [5.74, 6) is 2.24. The van der Waals surface area contributed by atoms with E-state index < -0.39 is 20.2 Å². The first-order valence-electron chi connectivity index (χ1n) is 2.75. The molecular weight excluding hydrogens is 152 g/mol. The van der Waals surface area contributed by atoms with Crippen molar-refractivity contribution in [3.8, 4) is 0 Å².